The molecule has 0 bridgehead atoms. The van der Waals surface area contributed by atoms with Crippen molar-refractivity contribution in [1.82, 2.24) is 14.9 Å². The second kappa shape index (κ2) is 9.54. The summed E-state index contributed by atoms with van der Waals surface area (Å²) >= 11 is 0. The van der Waals surface area contributed by atoms with Crippen LogP contribution in [-0.2, 0) is 13.1 Å². The number of nitrogens with zero attached hydrogens (tertiary/aromatic N) is 3. The Morgan fingerprint density at radius 3 is 2.79 bits per heavy atom. The lowest BCUT2D eigenvalue weighted by atomic mass is 10.1. The summed E-state index contributed by atoms with van der Waals surface area (Å²) in [5, 5.41) is 14.7. The number of ether oxygens (including phenoxy) is 2. The predicted octanol–water partition coefficient (Wildman–Crippen LogP) is 3.61. The van der Waals surface area contributed by atoms with Crippen molar-refractivity contribution in [3.05, 3.63) is 45.9 Å². The maximum Gasteiger partial charge on any atom is 0.342 e. The second-order valence-electron chi connectivity index (χ2n) is 7.00. The van der Waals surface area contributed by atoms with E-state index in [1.54, 1.807) is 11.5 Å². The molecular weight excluding hydrogens is 360 g/mol. The van der Waals surface area contributed by atoms with E-state index >= 15 is 0 Å². The Labute approximate surface area is 165 Å². The molecule has 0 radical (unpaired) electrons. The van der Waals surface area contributed by atoms with Gasteiger partial charge in [-0.15, -0.1) is 0 Å². The highest BCUT2D eigenvalue weighted by molar-refractivity contribution is 5.43. The molecule has 0 saturated heterocycles. The van der Waals surface area contributed by atoms with E-state index in [0.717, 1.165) is 12.1 Å². The Balaban J connectivity index is 1.61. The molecule has 1 aromatic heterocycles. The zero-order chi connectivity index (χ0) is 19.9. The number of nitro groups is 1. The fraction of sp³-hybridized carbons (Fsp3) is 0.550. The largest absolute Gasteiger partial charge is 0.490 e. The molecule has 1 fully saturated rings. The van der Waals surface area contributed by atoms with Gasteiger partial charge in [-0.05, 0) is 42.4 Å². The lowest BCUT2D eigenvalue weighted by Gasteiger charge is -2.15. The van der Waals surface area contributed by atoms with Gasteiger partial charge in [0.15, 0.2) is 17.3 Å². The number of aryl methyl sites for hydroxylation is 1. The van der Waals surface area contributed by atoms with Crippen molar-refractivity contribution in [3.63, 3.8) is 0 Å². The van der Waals surface area contributed by atoms with E-state index < -0.39 is 4.92 Å². The monoisotopic (exact) mass is 388 g/mol. The van der Waals surface area contributed by atoms with Gasteiger partial charge in [0.1, 0.15) is 19.3 Å². The van der Waals surface area contributed by atoms with E-state index in [4.69, 9.17) is 9.47 Å². The first-order valence-electron chi connectivity index (χ1n) is 9.87. The van der Waals surface area contributed by atoms with E-state index in [1.807, 2.05) is 25.1 Å². The average Bonchev–Trinajstić information content (AvgIpc) is 3.32. The zero-order valence-corrected chi connectivity index (χ0v) is 16.5. The third kappa shape index (κ3) is 5.01. The number of imidazole rings is 1. The second-order valence-corrected chi connectivity index (χ2v) is 7.00. The van der Waals surface area contributed by atoms with Crippen LogP contribution < -0.4 is 14.8 Å². The summed E-state index contributed by atoms with van der Waals surface area (Å²) in [5.74, 6) is 1.91. The molecule has 8 nitrogen and oxygen atoms in total. The number of rotatable bonds is 10. The van der Waals surface area contributed by atoms with Gasteiger partial charge in [-0.2, -0.15) is 0 Å². The molecule has 3 rings (SSSR count). The smallest absolute Gasteiger partial charge is 0.342 e. The molecule has 28 heavy (non-hydrogen) atoms. The highest BCUT2D eigenvalue weighted by atomic mass is 16.6. The first-order valence-corrected chi connectivity index (χ1v) is 9.87. The van der Waals surface area contributed by atoms with Crippen LogP contribution in [0.1, 0.15) is 44.0 Å². The van der Waals surface area contributed by atoms with Crippen molar-refractivity contribution in [2.24, 2.45) is 0 Å². The van der Waals surface area contributed by atoms with E-state index in [1.165, 1.54) is 31.9 Å². The van der Waals surface area contributed by atoms with Crippen LogP contribution in [-0.4, -0.2) is 33.7 Å². The van der Waals surface area contributed by atoms with Crippen molar-refractivity contribution in [1.29, 1.82) is 0 Å². The van der Waals surface area contributed by atoms with E-state index in [-0.39, 0.29) is 12.4 Å². The van der Waals surface area contributed by atoms with Crippen molar-refractivity contribution < 1.29 is 14.4 Å². The number of nitrogens with one attached hydrogen (secondary N) is 1. The predicted molar refractivity (Wildman–Crippen MR) is 106 cm³/mol. The van der Waals surface area contributed by atoms with Crippen molar-refractivity contribution >= 4 is 5.82 Å². The van der Waals surface area contributed by atoms with Gasteiger partial charge >= 0.3 is 5.82 Å². The Hall–Kier alpha value is -2.61. The maximum absolute atomic E-state index is 11.1. The van der Waals surface area contributed by atoms with Gasteiger partial charge in [-0.1, -0.05) is 18.9 Å². The van der Waals surface area contributed by atoms with Gasteiger partial charge in [0.25, 0.3) is 0 Å². The number of hydrogen-bond donors (Lipinski definition) is 1. The average molecular weight is 388 g/mol. The SMILES string of the molecule is CCOc1cc(CNC2CCCC2)ccc1OCCn1c([N+](=O)[O-])cnc1C. The minimum atomic E-state index is -0.433. The summed E-state index contributed by atoms with van der Waals surface area (Å²) in [6, 6.07) is 6.56. The van der Waals surface area contributed by atoms with E-state index in [0.29, 0.717) is 36.5 Å². The summed E-state index contributed by atoms with van der Waals surface area (Å²) in [6.07, 6.45) is 6.39. The molecule has 1 N–H and O–H groups in total. The Morgan fingerprint density at radius 2 is 2.07 bits per heavy atom. The molecule has 0 spiro atoms. The minimum absolute atomic E-state index is 0.0283. The van der Waals surface area contributed by atoms with Crippen LogP contribution in [0, 0.1) is 17.0 Å². The molecule has 1 aliphatic rings. The van der Waals surface area contributed by atoms with Crippen LogP contribution in [0.5, 0.6) is 11.5 Å². The fourth-order valence-corrected chi connectivity index (χ4v) is 3.57. The Morgan fingerprint density at radius 1 is 1.29 bits per heavy atom. The molecule has 1 heterocycles. The Bertz CT molecular complexity index is 799. The van der Waals surface area contributed by atoms with E-state index in [2.05, 4.69) is 10.3 Å². The minimum Gasteiger partial charge on any atom is -0.490 e. The van der Waals surface area contributed by atoms with Crippen LogP contribution in [0.4, 0.5) is 5.82 Å². The molecule has 0 aliphatic heterocycles. The molecule has 8 heteroatoms. The summed E-state index contributed by atoms with van der Waals surface area (Å²) in [4.78, 5) is 14.7. The topological polar surface area (TPSA) is 91.5 Å². The van der Waals surface area contributed by atoms with Gasteiger partial charge in [0.2, 0.25) is 0 Å². The molecule has 1 aromatic carbocycles. The van der Waals surface area contributed by atoms with Gasteiger partial charge in [-0.3, -0.25) is 0 Å². The summed E-state index contributed by atoms with van der Waals surface area (Å²) < 4.78 is 13.2. The quantitative estimate of drug-likeness (QED) is 0.494. The highest BCUT2D eigenvalue weighted by Crippen LogP contribution is 2.29. The lowest BCUT2D eigenvalue weighted by Crippen LogP contribution is -2.25. The van der Waals surface area contributed by atoms with Crippen LogP contribution in [0.15, 0.2) is 24.4 Å². The summed E-state index contributed by atoms with van der Waals surface area (Å²) in [5.41, 5.74) is 1.16. The van der Waals surface area contributed by atoms with Crippen LogP contribution in [0.3, 0.4) is 0 Å². The maximum atomic E-state index is 11.1. The van der Waals surface area contributed by atoms with Crippen molar-refractivity contribution in [3.8, 4) is 11.5 Å². The Kier molecular flexibility index (Phi) is 6.86. The fourth-order valence-electron chi connectivity index (χ4n) is 3.57. The third-order valence-electron chi connectivity index (χ3n) is 5.05. The highest BCUT2D eigenvalue weighted by Gasteiger charge is 2.18. The molecule has 0 unspecified atom stereocenters. The number of aromatic nitrogens is 2. The van der Waals surface area contributed by atoms with Crippen LogP contribution >= 0.6 is 0 Å². The number of benzene rings is 1. The standard InChI is InChI=1S/C20H28N4O4/c1-3-27-19-12-16(13-22-17-6-4-5-7-17)8-9-18(19)28-11-10-23-15(2)21-14-20(23)24(25)26/h8-9,12,14,17,22H,3-7,10-11,13H2,1-2H3. The molecule has 2 aromatic rings. The first-order chi connectivity index (χ1) is 13.6. The molecule has 152 valence electrons. The van der Waals surface area contributed by atoms with Gasteiger partial charge in [0.05, 0.1) is 6.61 Å². The molecular formula is C20H28N4O4. The van der Waals surface area contributed by atoms with Crippen LogP contribution in [0.2, 0.25) is 0 Å². The molecule has 0 atom stereocenters. The summed E-state index contributed by atoms with van der Waals surface area (Å²) in [7, 11) is 0. The third-order valence-corrected chi connectivity index (χ3v) is 5.05. The van der Waals surface area contributed by atoms with Gasteiger partial charge in [-0.25, -0.2) is 9.55 Å². The van der Waals surface area contributed by atoms with E-state index in [9.17, 15) is 10.1 Å². The van der Waals surface area contributed by atoms with Crippen molar-refractivity contribution in [2.75, 3.05) is 13.2 Å². The van der Waals surface area contributed by atoms with Crippen molar-refractivity contribution in [2.45, 2.75) is 58.7 Å². The number of hydrogen-bond acceptors (Lipinski definition) is 6. The van der Waals surface area contributed by atoms with Gasteiger partial charge in [0, 0.05) is 19.5 Å². The molecule has 0 amide bonds. The van der Waals surface area contributed by atoms with Gasteiger partial charge < -0.3 is 24.9 Å². The summed E-state index contributed by atoms with van der Waals surface area (Å²) in [6.45, 7) is 5.67. The normalized spacial score (nSPS) is 14.4. The molecule has 1 aliphatic carbocycles. The lowest BCUT2D eigenvalue weighted by molar-refractivity contribution is -0.392. The van der Waals surface area contributed by atoms with Crippen LogP contribution in [0.25, 0.3) is 0 Å². The molecule has 1 saturated carbocycles. The zero-order valence-electron chi connectivity index (χ0n) is 16.5. The first kappa shape index (κ1) is 20.1.